The maximum atomic E-state index is 12.2. The average molecular weight is 390 g/mol. The van der Waals surface area contributed by atoms with Crippen molar-refractivity contribution in [3.8, 4) is 17.2 Å². The van der Waals surface area contributed by atoms with Crippen LogP contribution in [0.4, 0.5) is 0 Å². The molecule has 0 saturated heterocycles. The summed E-state index contributed by atoms with van der Waals surface area (Å²) in [6.07, 6.45) is 1.66. The first-order chi connectivity index (χ1) is 13.0. The lowest BCUT2D eigenvalue weighted by atomic mass is 10.1. The quantitative estimate of drug-likeness (QED) is 0.571. The molecule has 0 radical (unpaired) electrons. The minimum absolute atomic E-state index is 0.0109. The molecule has 0 aliphatic carbocycles. The van der Waals surface area contributed by atoms with E-state index in [0.717, 1.165) is 0 Å². The summed E-state index contributed by atoms with van der Waals surface area (Å²) in [5.74, 6) is 0.901. The molecule has 0 N–H and O–H groups in total. The minimum atomic E-state index is -0.461. The van der Waals surface area contributed by atoms with Crippen LogP contribution in [0.5, 0.6) is 17.2 Å². The van der Waals surface area contributed by atoms with Gasteiger partial charge in [-0.2, -0.15) is 0 Å². The van der Waals surface area contributed by atoms with Crippen LogP contribution in [0.25, 0.3) is 4.96 Å². The molecule has 0 aliphatic rings. The summed E-state index contributed by atoms with van der Waals surface area (Å²) < 4.78 is 22.5. The number of hydrogen-bond acceptors (Lipinski definition) is 8. The predicted molar refractivity (Wildman–Crippen MR) is 98.9 cm³/mol. The second-order valence-electron chi connectivity index (χ2n) is 5.51. The van der Waals surface area contributed by atoms with Gasteiger partial charge < -0.3 is 18.9 Å². The molecule has 9 heteroatoms. The van der Waals surface area contributed by atoms with Crippen LogP contribution < -0.4 is 19.8 Å². The van der Waals surface area contributed by atoms with Crippen LogP contribution in [0.3, 0.4) is 0 Å². The predicted octanol–water partition coefficient (Wildman–Crippen LogP) is 2.07. The summed E-state index contributed by atoms with van der Waals surface area (Å²) in [6, 6.07) is 4.72. The van der Waals surface area contributed by atoms with Crippen molar-refractivity contribution in [2.75, 3.05) is 21.3 Å². The van der Waals surface area contributed by atoms with Gasteiger partial charge >= 0.3 is 5.97 Å². The number of esters is 1. The molecule has 0 spiro atoms. The first kappa shape index (κ1) is 18.7. The van der Waals surface area contributed by atoms with Gasteiger partial charge in [-0.15, -0.1) is 11.3 Å². The zero-order valence-corrected chi connectivity index (χ0v) is 15.9. The Hall–Kier alpha value is -3.07. The van der Waals surface area contributed by atoms with E-state index in [1.165, 1.54) is 43.1 Å². The van der Waals surface area contributed by atoms with Crippen LogP contribution in [-0.2, 0) is 22.6 Å². The van der Waals surface area contributed by atoms with Gasteiger partial charge in [0.2, 0.25) is 5.75 Å². The lowest BCUT2D eigenvalue weighted by Gasteiger charge is -2.14. The number of hydrogen-bond donors (Lipinski definition) is 0. The lowest BCUT2D eigenvalue weighted by Crippen LogP contribution is -2.15. The molecule has 0 unspecified atom stereocenters. The van der Waals surface area contributed by atoms with Gasteiger partial charge in [0, 0.05) is 17.6 Å². The number of thiazole rings is 1. The third-order valence-electron chi connectivity index (χ3n) is 3.81. The van der Waals surface area contributed by atoms with Crippen molar-refractivity contribution in [3.63, 3.8) is 0 Å². The van der Waals surface area contributed by atoms with Crippen molar-refractivity contribution in [1.29, 1.82) is 0 Å². The average Bonchev–Trinajstić information content (AvgIpc) is 3.14. The third kappa shape index (κ3) is 4.03. The molecule has 3 aromatic rings. The Morgan fingerprint density at radius 1 is 1.11 bits per heavy atom. The molecule has 1 aromatic carbocycles. The second-order valence-corrected chi connectivity index (χ2v) is 6.39. The normalized spacial score (nSPS) is 10.6. The molecule has 27 heavy (non-hydrogen) atoms. The second kappa shape index (κ2) is 8.09. The number of ether oxygens (including phenoxy) is 4. The van der Waals surface area contributed by atoms with Crippen molar-refractivity contribution in [1.82, 2.24) is 9.38 Å². The summed E-state index contributed by atoms with van der Waals surface area (Å²) in [6.45, 7) is -0.0765. The first-order valence-corrected chi connectivity index (χ1v) is 8.84. The number of fused-ring (bicyclic) bond motifs is 1. The lowest BCUT2D eigenvalue weighted by molar-refractivity contribution is -0.144. The Morgan fingerprint density at radius 3 is 2.44 bits per heavy atom. The Bertz CT molecular complexity index is 1000. The number of carbonyl (C=O) groups excluding carboxylic acids is 1. The minimum Gasteiger partial charge on any atom is -0.493 e. The maximum Gasteiger partial charge on any atom is 0.310 e. The van der Waals surface area contributed by atoms with Gasteiger partial charge in [0.1, 0.15) is 6.61 Å². The van der Waals surface area contributed by atoms with E-state index in [0.29, 0.717) is 33.5 Å². The zero-order valence-electron chi connectivity index (χ0n) is 15.1. The largest absolute Gasteiger partial charge is 0.493 e. The number of nitrogens with zero attached hydrogens (tertiary/aromatic N) is 2. The van der Waals surface area contributed by atoms with E-state index >= 15 is 0 Å². The molecule has 3 rings (SSSR count). The molecule has 0 fully saturated rings. The highest BCUT2D eigenvalue weighted by Gasteiger charge is 2.16. The van der Waals surface area contributed by atoms with Crippen molar-refractivity contribution >= 4 is 22.3 Å². The van der Waals surface area contributed by atoms with E-state index in [1.54, 1.807) is 23.7 Å². The summed E-state index contributed by atoms with van der Waals surface area (Å²) in [4.78, 5) is 29.0. The van der Waals surface area contributed by atoms with E-state index in [2.05, 4.69) is 4.98 Å². The molecule has 8 nitrogen and oxygen atoms in total. The van der Waals surface area contributed by atoms with Crippen LogP contribution in [-0.4, -0.2) is 36.7 Å². The van der Waals surface area contributed by atoms with E-state index in [-0.39, 0.29) is 18.6 Å². The molecule has 2 heterocycles. The molecule has 0 saturated carbocycles. The summed E-state index contributed by atoms with van der Waals surface area (Å²) in [5.41, 5.74) is 0.842. The number of aromatic nitrogens is 2. The standard InChI is InChI=1S/C18H18N2O6S/c1-23-13-6-11(7-14(24-2)17(13)25-3)8-16(22)26-10-12-9-15(21)20-4-5-27-18(20)19-12/h4-7,9H,8,10H2,1-3H3. The van der Waals surface area contributed by atoms with Gasteiger partial charge in [0.05, 0.1) is 33.4 Å². The Balaban J connectivity index is 1.70. The monoisotopic (exact) mass is 390 g/mol. The van der Waals surface area contributed by atoms with E-state index in [1.807, 2.05) is 0 Å². The number of rotatable bonds is 7. The Labute approximate surface area is 158 Å². The van der Waals surface area contributed by atoms with E-state index in [9.17, 15) is 9.59 Å². The van der Waals surface area contributed by atoms with E-state index < -0.39 is 5.97 Å². The molecule has 2 aromatic heterocycles. The highest BCUT2D eigenvalue weighted by Crippen LogP contribution is 2.38. The van der Waals surface area contributed by atoms with Crippen molar-refractivity contribution < 1.29 is 23.7 Å². The molecule has 142 valence electrons. The molecule has 0 aliphatic heterocycles. The fourth-order valence-electron chi connectivity index (χ4n) is 2.57. The highest BCUT2D eigenvalue weighted by molar-refractivity contribution is 7.15. The molecular weight excluding hydrogens is 372 g/mol. The maximum absolute atomic E-state index is 12.2. The smallest absolute Gasteiger partial charge is 0.310 e. The van der Waals surface area contributed by atoms with Crippen LogP contribution >= 0.6 is 11.3 Å². The fourth-order valence-corrected chi connectivity index (χ4v) is 3.31. The van der Waals surface area contributed by atoms with Crippen molar-refractivity contribution in [2.24, 2.45) is 0 Å². The van der Waals surface area contributed by atoms with Gasteiger partial charge in [-0.05, 0) is 17.7 Å². The van der Waals surface area contributed by atoms with Gasteiger partial charge in [-0.25, -0.2) is 4.98 Å². The summed E-state index contributed by atoms with van der Waals surface area (Å²) in [7, 11) is 4.52. The Kier molecular flexibility index (Phi) is 5.60. The van der Waals surface area contributed by atoms with Crippen molar-refractivity contribution in [2.45, 2.75) is 13.0 Å². The number of methoxy groups -OCH3 is 3. The fraction of sp³-hybridized carbons (Fsp3) is 0.278. The summed E-state index contributed by atoms with van der Waals surface area (Å²) in [5, 5.41) is 1.77. The zero-order chi connectivity index (χ0) is 19.4. The molecule has 0 amide bonds. The highest BCUT2D eigenvalue weighted by atomic mass is 32.1. The summed E-state index contributed by atoms with van der Waals surface area (Å²) >= 11 is 1.34. The van der Waals surface area contributed by atoms with Crippen LogP contribution in [0.15, 0.2) is 34.6 Å². The first-order valence-electron chi connectivity index (χ1n) is 7.96. The van der Waals surface area contributed by atoms with Crippen LogP contribution in [0.1, 0.15) is 11.3 Å². The van der Waals surface area contributed by atoms with Crippen LogP contribution in [0.2, 0.25) is 0 Å². The SMILES string of the molecule is COc1cc(CC(=O)OCc2cc(=O)n3ccsc3n2)cc(OC)c1OC. The number of benzene rings is 1. The van der Waals surface area contributed by atoms with E-state index in [4.69, 9.17) is 18.9 Å². The van der Waals surface area contributed by atoms with Gasteiger partial charge in [0.15, 0.2) is 16.5 Å². The number of carbonyl (C=O) groups is 1. The molecular formula is C18H18N2O6S. The van der Waals surface area contributed by atoms with Crippen LogP contribution in [0, 0.1) is 0 Å². The molecule has 0 atom stereocenters. The van der Waals surface area contributed by atoms with Gasteiger partial charge in [-0.3, -0.25) is 14.0 Å². The Morgan fingerprint density at radius 2 is 1.81 bits per heavy atom. The van der Waals surface area contributed by atoms with Gasteiger partial charge in [-0.1, -0.05) is 0 Å². The van der Waals surface area contributed by atoms with Crippen molar-refractivity contribution in [3.05, 3.63) is 51.4 Å². The third-order valence-corrected chi connectivity index (χ3v) is 4.57. The molecule has 0 bridgehead atoms. The topological polar surface area (TPSA) is 88.4 Å². The van der Waals surface area contributed by atoms with Gasteiger partial charge in [0.25, 0.3) is 5.56 Å².